The van der Waals surface area contributed by atoms with Gasteiger partial charge in [0, 0.05) is 18.0 Å². The fourth-order valence-corrected chi connectivity index (χ4v) is 1.40. The van der Waals surface area contributed by atoms with E-state index >= 15 is 0 Å². The van der Waals surface area contributed by atoms with Crippen LogP contribution in [0, 0.1) is 12.7 Å². The van der Waals surface area contributed by atoms with Gasteiger partial charge in [-0.3, -0.25) is 4.98 Å². The molecule has 0 atom stereocenters. The van der Waals surface area contributed by atoms with Crippen molar-refractivity contribution in [1.29, 1.82) is 0 Å². The van der Waals surface area contributed by atoms with Gasteiger partial charge in [-0.2, -0.15) is 0 Å². The molecule has 0 saturated carbocycles. The highest BCUT2D eigenvalue weighted by Crippen LogP contribution is 2.23. The van der Waals surface area contributed by atoms with E-state index in [1.165, 1.54) is 6.07 Å². The van der Waals surface area contributed by atoms with Crippen molar-refractivity contribution in [3.05, 3.63) is 48.0 Å². The van der Waals surface area contributed by atoms with Gasteiger partial charge < -0.3 is 15.7 Å². The molecule has 0 fully saturated rings. The molecule has 0 amide bonds. The van der Waals surface area contributed by atoms with Gasteiger partial charge in [-0.1, -0.05) is 11.5 Å². The van der Waals surface area contributed by atoms with Gasteiger partial charge in [0.2, 0.25) is 0 Å². The molecule has 0 aliphatic rings. The van der Waals surface area contributed by atoms with Crippen molar-refractivity contribution in [3.8, 4) is 11.5 Å². The van der Waals surface area contributed by atoms with Crippen LogP contribution in [0.5, 0.6) is 11.5 Å². The van der Waals surface area contributed by atoms with E-state index in [1.807, 2.05) is 20.8 Å². The molecule has 2 rings (SSSR count). The number of aryl methyl sites for hydroxylation is 1. The fraction of sp³-hybridized carbons (Fsp3) is 0.0833. The third-order valence-corrected chi connectivity index (χ3v) is 2.18. The number of ether oxygens (including phenoxy) is 1. The average Bonchev–Trinajstić information content (AvgIpc) is 2.22. The molecule has 6 heteroatoms. The number of pyridine rings is 1. The molecular weight excluding hydrogens is 236 g/mol. The highest BCUT2D eigenvalue weighted by molar-refractivity contribution is 6.32. The summed E-state index contributed by atoms with van der Waals surface area (Å²) in [7, 11) is 1.84. The monoisotopic (exact) mass is 251 g/mol. The SMILES string of the molecule is Bc1ccc(Oc2ccnc(C)c2)c(F)c1.O.O. The van der Waals surface area contributed by atoms with Crippen LogP contribution in [-0.4, -0.2) is 23.8 Å². The zero-order chi connectivity index (χ0) is 11.5. The third-order valence-electron chi connectivity index (χ3n) is 2.18. The number of halogens is 1. The molecule has 0 aliphatic carbocycles. The fourth-order valence-electron chi connectivity index (χ4n) is 1.40. The quantitative estimate of drug-likeness (QED) is 0.699. The van der Waals surface area contributed by atoms with E-state index in [-0.39, 0.29) is 22.5 Å². The molecule has 2 aromatic rings. The second-order valence-corrected chi connectivity index (χ2v) is 3.67. The Kier molecular flexibility index (Phi) is 6.02. The predicted molar refractivity (Wildman–Crippen MR) is 70.9 cm³/mol. The van der Waals surface area contributed by atoms with Gasteiger partial charge in [-0.15, -0.1) is 0 Å². The Morgan fingerprint density at radius 3 is 2.50 bits per heavy atom. The normalized spacial score (nSPS) is 9.00. The van der Waals surface area contributed by atoms with Crippen LogP contribution in [-0.2, 0) is 0 Å². The maximum Gasteiger partial charge on any atom is 0.165 e. The first-order chi connectivity index (χ1) is 7.65. The predicted octanol–water partition coefficient (Wildman–Crippen LogP) is -0.0696. The van der Waals surface area contributed by atoms with Crippen LogP contribution in [0.2, 0.25) is 0 Å². The Balaban J connectivity index is 0.00000144. The smallest absolute Gasteiger partial charge is 0.165 e. The van der Waals surface area contributed by atoms with Crippen molar-refractivity contribution in [2.24, 2.45) is 0 Å². The first kappa shape index (κ1) is 16.1. The van der Waals surface area contributed by atoms with Crippen LogP contribution in [0.25, 0.3) is 0 Å². The lowest BCUT2D eigenvalue weighted by molar-refractivity contribution is 0.442. The summed E-state index contributed by atoms with van der Waals surface area (Å²) in [5, 5.41) is 0. The lowest BCUT2D eigenvalue weighted by Gasteiger charge is -2.07. The molecule has 4 nitrogen and oxygen atoms in total. The van der Waals surface area contributed by atoms with Crippen molar-refractivity contribution in [3.63, 3.8) is 0 Å². The van der Waals surface area contributed by atoms with E-state index in [9.17, 15) is 4.39 Å². The Bertz CT molecular complexity index is 522. The molecule has 4 N–H and O–H groups in total. The van der Waals surface area contributed by atoms with Crippen LogP contribution in [0.3, 0.4) is 0 Å². The summed E-state index contributed by atoms with van der Waals surface area (Å²) in [4.78, 5) is 4.04. The highest BCUT2D eigenvalue weighted by Gasteiger charge is 2.04. The number of aromatic nitrogens is 1. The maximum atomic E-state index is 13.5. The third kappa shape index (κ3) is 3.83. The van der Waals surface area contributed by atoms with Crippen molar-refractivity contribution in [2.45, 2.75) is 6.92 Å². The Labute approximate surface area is 105 Å². The largest absolute Gasteiger partial charge is 0.454 e. The topological polar surface area (TPSA) is 85.1 Å². The van der Waals surface area contributed by atoms with Gasteiger partial charge in [0.05, 0.1) is 0 Å². The van der Waals surface area contributed by atoms with E-state index in [4.69, 9.17) is 4.74 Å². The minimum Gasteiger partial charge on any atom is -0.454 e. The van der Waals surface area contributed by atoms with Gasteiger partial charge in [-0.05, 0) is 25.1 Å². The van der Waals surface area contributed by atoms with E-state index in [0.29, 0.717) is 5.75 Å². The van der Waals surface area contributed by atoms with Crippen molar-refractivity contribution < 1.29 is 20.1 Å². The summed E-state index contributed by atoms with van der Waals surface area (Å²) in [6.45, 7) is 1.86. The number of hydrogen-bond donors (Lipinski definition) is 0. The van der Waals surface area contributed by atoms with Gasteiger partial charge in [0.15, 0.2) is 11.6 Å². The summed E-state index contributed by atoms with van der Waals surface area (Å²) >= 11 is 0. The standard InChI is InChI=1S/C12H11BFNO.2H2O/c1-8-6-10(4-5-15-8)16-12-3-2-9(13)7-11(12)14;;/h2-7H,13H2,1H3;2*1H2. The summed E-state index contributed by atoms with van der Waals surface area (Å²) in [6, 6.07) is 8.35. The van der Waals surface area contributed by atoms with Crippen LogP contribution in [0.15, 0.2) is 36.5 Å². The summed E-state index contributed by atoms with van der Waals surface area (Å²) in [6.07, 6.45) is 1.64. The molecule has 0 saturated heterocycles. The van der Waals surface area contributed by atoms with Crippen molar-refractivity contribution in [1.82, 2.24) is 4.98 Å². The molecule has 0 aliphatic heterocycles. The van der Waals surface area contributed by atoms with Gasteiger partial charge in [0.25, 0.3) is 0 Å². The van der Waals surface area contributed by atoms with Gasteiger partial charge in [-0.25, -0.2) is 4.39 Å². The van der Waals surface area contributed by atoms with Gasteiger partial charge >= 0.3 is 0 Å². The molecule has 1 aromatic heterocycles. The van der Waals surface area contributed by atoms with Crippen molar-refractivity contribution in [2.75, 3.05) is 0 Å². The lowest BCUT2D eigenvalue weighted by atomic mass is 9.96. The summed E-state index contributed by atoms with van der Waals surface area (Å²) < 4.78 is 18.9. The molecule has 0 unspecified atom stereocenters. The molecule has 0 radical (unpaired) electrons. The lowest BCUT2D eigenvalue weighted by Crippen LogP contribution is -2.02. The maximum absolute atomic E-state index is 13.5. The minimum absolute atomic E-state index is 0. The molecule has 0 bridgehead atoms. The van der Waals surface area contributed by atoms with Crippen LogP contribution in [0.1, 0.15) is 5.69 Å². The van der Waals surface area contributed by atoms with Gasteiger partial charge in [0.1, 0.15) is 13.6 Å². The molecule has 18 heavy (non-hydrogen) atoms. The first-order valence-electron chi connectivity index (χ1n) is 5.02. The van der Waals surface area contributed by atoms with E-state index in [2.05, 4.69) is 4.98 Å². The Morgan fingerprint density at radius 1 is 1.17 bits per heavy atom. The second kappa shape index (κ2) is 6.73. The molecule has 1 heterocycles. The van der Waals surface area contributed by atoms with E-state index < -0.39 is 0 Å². The minimum atomic E-state index is -0.352. The van der Waals surface area contributed by atoms with E-state index in [1.54, 1.807) is 24.4 Å². The Hall–Kier alpha value is -1.92. The molecule has 1 aromatic carbocycles. The molecule has 96 valence electrons. The second-order valence-electron chi connectivity index (χ2n) is 3.67. The van der Waals surface area contributed by atoms with Crippen LogP contribution >= 0.6 is 0 Å². The summed E-state index contributed by atoms with van der Waals surface area (Å²) in [5.41, 5.74) is 1.71. The highest BCUT2D eigenvalue weighted by atomic mass is 19.1. The first-order valence-corrected chi connectivity index (χ1v) is 5.02. The Morgan fingerprint density at radius 2 is 1.89 bits per heavy atom. The number of rotatable bonds is 2. The zero-order valence-electron chi connectivity index (χ0n) is 10.2. The van der Waals surface area contributed by atoms with Crippen molar-refractivity contribution >= 4 is 13.3 Å². The average molecular weight is 251 g/mol. The number of benzene rings is 1. The van der Waals surface area contributed by atoms with Crippen LogP contribution < -0.4 is 10.2 Å². The summed E-state index contributed by atoms with van der Waals surface area (Å²) in [5.74, 6) is 0.473. The zero-order valence-corrected chi connectivity index (χ0v) is 10.2. The number of nitrogens with zero attached hydrogens (tertiary/aromatic N) is 1. The van der Waals surface area contributed by atoms with E-state index in [0.717, 1.165) is 11.2 Å². The number of hydrogen-bond acceptors (Lipinski definition) is 2. The van der Waals surface area contributed by atoms with Crippen LogP contribution in [0.4, 0.5) is 4.39 Å². The molecular formula is C12H15BFNO3. The molecule has 0 spiro atoms.